The number of hydrogen-bond acceptors (Lipinski definition) is 5. The van der Waals surface area contributed by atoms with Gasteiger partial charge in [0.1, 0.15) is 0 Å². The maximum absolute atomic E-state index is 12.0. The SMILES string of the molecule is CCC(=O)Nc1cccc(NCc2cc(=O)n3ccsc3n2)c1C. The first-order valence-electron chi connectivity index (χ1n) is 7.67. The number of carbonyl (C=O) groups is 1. The van der Waals surface area contributed by atoms with Gasteiger partial charge in [-0.15, -0.1) is 11.3 Å². The summed E-state index contributed by atoms with van der Waals surface area (Å²) >= 11 is 1.43. The first-order valence-corrected chi connectivity index (χ1v) is 8.55. The second kappa shape index (κ2) is 6.84. The zero-order valence-corrected chi connectivity index (χ0v) is 14.3. The van der Waals surface area contributed by atoms with Crippen LogP contribution in [0.2, 0.25) is 0 Å². The molecule has 0 unspecified atom stereocenters. The summed E-state index contributed by atoms with van der Waals surface area (Å²) in [6, 6.07) is 7.22. The highest BCUT2D eigenvalue weighted by Gasteiger charge is 2.08. The zero-order chi connectivity index (χ0) is 17.1. The second-order valence-corrected chi connectivity index (χ2v) is 6.25. The van der Waals surface area contributed by atoms with Gasteiger partial charge in [0, 0.05) is 35.4 Å². The van der Waals surface area contributed by atoms with Crippen LogP contribution in [-0.2, 0) is 11.3 Å². The lowest BCUT2D eigenvalue weighted by atomic mass is 10.1. The highest BCUT2D eigenvalue weighted by atomic mass is 32.1. The van der Waals surface area contributed by atoms with Crippen LogP contribution in [0.1, 0.15) is 24.6 Å². The number of carbonyl (C=O) groups excluding carboxylic acids is 1. The Morgan fingerprint density at radius 2 is 2.12 bits per heavy atom. The highest BCUT2D eigenvalue weighted by Crippen LogP contribution is 2.24. The molecule has 0 aliphatic rings. The highest BCUT2D eigenvalue weighted by molar-refractivity contribution is 7.15. The van der Waals surface area contributed by atoms with Crippen LogP contribution < -0.4 is 16.2 Å². The quantitative estimate of drug-likeness (QED) is 0.747. The molecular weight excluding hydrogens is 324 g/mol. The number of nitrogens with zero attached hydrogens (tertiary/aromatic N) is 2. The van der Waals surface area contributed by atoms with Crippen molar-refractivity contribution in [3.8, 4) is 0 Å². The predicted molar refractivity (Wildman–Crippen MR) is 96.8 cm³/mol. The maximum atomic E-state index is 12.0. The molecule has 3 aromatic rings. The van der Waals surface area contributed by atoms with Crippen LogP contribution in [0.5, 0.6) is 0 Å². The standard InChI is InChI=1S/C17H18N4O2S/c1-3-15(22)20-14-6-4-5-13(11(14)2)18-10-12-9-16(23)21-7-8-24-17(21)19-12/h4-9,18H,3,10H2,1-2H3,(H,20,22). The fourth-order valence-electron chi connectivity index (χ4n) is 2.37. The third kappa shape index (κ3) is 3.30. The van der Waals surface area contributed by atoms with Gasteiger partial charge in [-0.25, -0.2) is 4.98 Å². The zero-order valence-electron chi connectivity index (χ0n) is 13.5. The lowest BCUT2D eigenvalue weighted by Crippen LogP contribution is -2.15. The molecule has 7 heteroatoms. The number of fused-ring (bicyclic) bond motifs is 1. The van der Waals surface area contributed by atoms with Gasteiger partial charge in [0.05, 0.1) is 12.2 Å². The van der Waals surface area contributed by atoms with Crippen LogP contribution in [0.25, 0.3) is 4.96 Å². The van der Waals surface area contributed by atoms with E-state index in [0.717, 1.165) is 16.9 Å². The van der Waals surface area contributed by atoms with Crippen molar-refractivity contribution in [1.29, 1.82) is 0 Å². The van der Waals surface area contributed by atoms with Gasteiger partial charge in [-0.2, -0.15) is 0 Å². The topological polar surface area (TPSA) is 75.5 Å². The lowest BCUT2D eigenvalue weighted by Gasteiger charge is -2.13. The monoisotopic (exact) mass is 342 g/mol. The molecule has 1 aromatic carbocycles. The molecule has 6 nitrogen and oxygen atoms in total. The Labute approximate surface area is 143 Å². The molecule has 3 rings (SSSR count). The molecule has 0 spiro atoms. The first kappa shape index (κ1) is 16.2. The maximum Gasteiger partial charge on any atom is 0.258 e. The van der Waals surface area contributed by atoms with E-state index in [-0.39, 0.29) is 11.5 Å². The van der Waals surface area contributed by atoms with Gasteiger partial charge < -0.3 is 10.6 Å². The van der Waals surface area contributed by atoms with Crippen molar-refractivity contribution in [2.75, 3.05) is 10.6 Å². The van der Waals surface area contributed by atoms with Gasteiger partial charge in [-0.1, -0.05) is 13.0 Å². The van der Waals surface area contributed by atoms with Gasteiger partial charge >= 0.3 is 0 Å². The summed E-state index contributed by atoms with van der Waals surface area (Å²) < 4.78 is 1.53. The van der Waals surface area contributed by atoms with E-state index in [1.54, 1.807) is 6.20 Å². The van der Waals surface area contributed by atoms with E-state index in [0.29, 0.717) is 23.6 Å². The van der Waals surface area contributed by atoms with E-state index in [9.17, 15) is 9.59 Å². The molecule has 2 N–H and O–H groups in total. The normalized spacial score (nSPS) is 10.8. The van der Waals surface area contributed by atoms with Gasteiger partial charge in [0.25, 0.3) is 5.56 Å². The van der Waals surface area contributed by atoms with Crippen LogP contribution >= 0.6 is 11.3 Å². The van der Waals surface area contributed by atoms with E-state index >= 15 is 0 Å². The summed E-state index contributed by atoms with van der Waals surface area (Å²) in [5.41, 5.74) is 3.24. The molecule has 0 bridgehead atoms. The predicted octanol–water partition coefficient (Wildman–Crippen LogP) is 3.03. The molecule has 2 aromatic heterocycles. The number of aromatic nitrogens is 2. The fraction of sp³-hybridized carbons (Fsp3) is 0.235. The third-order valence-electron chi connectivity index (χ3n) is 3.75. The molecule has 24 heavy (non-hydrogen) atoms. The second-order valence-electron chi connectivity index (χ2n) is 5.37. The number of hydrogen-bond donors (Lipinski definition) is 2. The molecule has 0 radical (unpaired) electrons. The van der Waals surface area contributed by atoms with Crippen molar-refractivity contribution in [1.82, 2.24) is 9.38 Å². The summed E-state index contributed by atoms with van der Waals surface area (Å²) in [6.07, 6.45) is 2.16. The van der Waals surface area contributed by atoms with E-state index < -0.39 is 0 Å². The van der Waals surface area contributed by atoms with Gasteiger partial charge in [0.15, 0.2) is 4.96 Å². The molecule has 124 valence electrons. The minimum Gasteiger partial charge on any atom is -0.379 e. The number of thiazole rings is 1. The van der Waals surface area contributed by atoms with E-state index in [1.807, 2.05) is 37.4 Å². The summed E-state index contributed by atoms with van der Waals surface area (Å²) in [5.74, 6) is -0.0203. The molecule has 0 aliphatic heterocycles. The molecule has 0 atom stereocenters. The van der Waals surface area contributed by atoms with Gasteiger partial charge in [0.2, 0.25) is 5.91 Å². The third-order valence-corrected chi connectivity index (χ3v) is 4.50. The number of benzene rings is 1. The Bertz CT molecular complexity index is 945. The Morgan fingerprint density at radius 3 is 2.92 bits per heavy atom. The summed E-state index contributed by atoms with van der Waals surface area (Å²) in [6.45, 7) is 4.20. The molecule has 0 fully saturated rings. The summed E-state index contributed by atoms with van der Waals surface area (Å²) in [7, 11) is 0. The van der Waals surface area contributed by atoms with Gasteiger partial charge in [-0.3, -0.25) is 14.0 Å². The van der Waals surface area contributed by atoms with E-state index in [4.69, 9.17) is 0 Å². The Morgan fingerprint density at radius 1 is 1.33 bits per heavy atom. The number of amides is 1. The largest absolute Gasteiger partial charge is 0.379 e. The van der Waals surface area contributed by atoms with Crippen molar-refractivity contribution in [3.63, 3.8) is 0 Å². The van der Waals surface area contributed by atoms with E-state index in [2.05, 4.69) is 15.6 Å². The van der Waals surface area contributed by atoms with E-state index in [1.165, 1.54) is 21.8 Å². The van der Waals surface area contributed by atoms with Crippen molar-refractivity contribution in [3.05, 3.63) is 57.5 Å². The first-order chi connectivity index (χ1) is 11.6. The average molecular weight is 342 g/mol. The van der Waals surface area contributed by atoms with Crippen molar-refractivity contribution < 1.29 is 4.79 Å². The van der Waals surface area contributed by atoms with Gasteiger partial charge in [-0.05, 0) is 24.6 Å². The van der Waals surface area contributed by atoms with Crippen LogP contribution in [0, 0.1) is 6.92 Å². The molecule has 2 heterocycles. The minimum atomic E-state index is -0.0845. The van der Waals surface area contributed by atoms with Crippen molar-refractivity contribution in [2.45, 2.75) is 26.8 Å². The molecular formula is C17H18N4O2S. The van der Waals surface area contributed by atoms with Crippen LogP contribution in [-0.4, -0.2) is 15.3 Å². The molecule has 0 saturated carbocycles. The number of rotatable bonds is 5. The Balaban J connectivity index is 1.79. The molecule has 1 amide bonds. The van der Waals surface area contributed by atoms with Crippen LogP contribution in [0.4, 0.5) is 11.4 Å². The Kier molecular flexibility index (Phi) is 4.61. The van der Waals surface area contributed by atoms with Crippen molar-refractivity contribution in [2.24, 2.45) is 0 Å². The molecule has 0 saturated heterocycles. The summed E-state index contributed by atoms with van der Waals surface area (Å²) in [5, 5.41) is 8.01. The Hall–Kier alpha value is -2.67. The smallest absolute Gasteiger partial charge is 0.258 e. The summed E-state index contributed by atoms with van der Waals surface area (Å²) in [4.78, 5) is 28.7. The fourth-order valence-corrected chi connectivity index (χ4v) is 3.10. The van der Waals surface area contributed by atoms with Crippen molar-refractivity contribution >= 4 is 33.6 Å². The number of nitrogens with one attached hydrogen (secondary N) is 2. The van der Waals surface area contributed by atoms with Crippen LogP contribution in [0.3, 0.4) is 0 Å². The lowest BCUT2D eigenvalue weighted by molar-refractivity contribution is -0.115. The minimum absolute atomic E-state index is 0.0203. The average Bonchev–Trinajstić information content (AvgIpc) is 3.04. The molecule has 0 aliphatic carbocycles. The van der Waals surface area contributed by atoms with Crippen LogP contribution in [0.15, 0.2) is 40.6 Å². The number of anilines is 2.